The van der Waals surface area contributed by atoms with Gasteiger partial charge in [0.05, 0.1) is 51.5 Å². The van der Waals surface area contributed by atoms with Gasteiger partial charge >= 0.3 is 0 Å². The Labute approximate surface area is 475 Å². The first-order valence-electron chi connectivity index (χ1n) is 28.8. The minimum Gasteiger partial charge on any atom is -0.515 e. The molecule has 7 heterocycles. The molecule has 0 saturated carbocycles. The average Bonchev–Trinajstić information content (AvgIpc) is 2.02. The number of amides is 3. The molecule has 3 aliphatic carbocycles. The summed E-state index contributed by atoms with van der Waals surface area (Å²) >= 11 is 0. The molecule has 4 aromatic heterocycles. The van der Waals surface area contributed by atoms with Crippen LogP contribution in [0.1, 0.15) is 190 Å². The zero-order chi connectivity index (χ0) is 58.9. The lowest BCUT2D eigenvalue weighted by molar-refractivity contribution is -0.123. The van der Waals surface area contributed by atoms with Crippen LogP contribution in [-0.4, -0.2) is 89.4 Å². The normalized spacial score (nSPS) is 18.7. The predicted molar refractivity (Wildman–Crippen MR) is 322 cm³/mol. The summed E-state index contributed by atoms with van der Waals surface area (Å²) in [5.41, 5.74) is 26.4. The minimum absolute atomic E-state index is 0. The van der Waals surface area contributed by atoms with Crippen LogP contribution in [0.2, 0.25) is 0 Å². The molecule has 7 aromatic rings. The molecule has 0 saturated heterocycles. The molecule has 0 bridgehead atoms. The van der Waals surface area contributed by atoms with Gasteiger partial charge in [-0.15, -0.1) is 0 Å². The number of allylic oxidation sites excluding steroid dienone is 1. The predicted octanol–water partition coefficient (Wildman–Crippen LogP) is 13.2. The van der Waals surface area contributed by atoms with E-state index in [0.717, 1.165) is 147 Å². The first-order valence-corrected chi connectivity index (χ1v) is 28.8. The summed E-state index contributed by atoms with van der Waals surface area (Å²) in [5, 5.41) is 27.7. The number of hydrogen-bond acceptors (Lipinski definition) is 10. The second kappa shape index (κ2) is 21.7. The van der Waals surface area contributed by atoms with Crippen molar-refractivity contribution in [1.29, 1.82) is 11.1 Å². The van der Waals surface area contributed by atoms with Crippen LogP contribution in [0.15, 0.2) is 54.4 Å². The van der Waals surface area contributed by atoms with Crippen molar-refractivity contribution >= 4 is 79.1 Å². The lowest BCUT2D eigenvalue weighted by atomic mass is 9.85. The summed E-state index contributed by atoms with van der Waals surface area (Å²) < 4.78 is 0. The highest BCUT2D eigenvalue weighted by molar-refractivity contribution is 6.15. The number of benzene rings is 3. The molecule has 0 atom stereocenters. The van der Waals surface area contributed by atoms with E-state index in [1.165, 1.54) is 16.5 Å². The van der Waals surface area contributed by atoms with E-state index in [1.54, 1.807) is 6.92 Å². The SMILES string of the molecule is CC(C)N1C(=O)C(C)(C)c2cc3[nH]c4c(c3cc21)CCC/C(=C\O)C4=O.CC(C)N1C(=O)C(C)(C)c2cc3[nH]c4c(c3cc21)CCCCC4=O.CC(C)N1C(=O)C(C)(C)c2cc3[nH]c4c(c3cc21)CCCc1cn[nH]c1-4.CCO.N=N.[HH]. The molecule has 0 radical (unpaired) electrons. The van der Waals surface area contributed by atoms with Crippen molar-refractivity contribution in [3.8, 4) is 11.4 Å². The van der Waals surface area contributed by atoms with Crippen LogP contribution in [0.3, 0.4) is 0 Å². The summed E-state index contributed by atoms with van der Waals surface area (Å²) in [4.78, 5) is 79.9. The number of H-pyrrole nitrogens is 4. The summed E-state index contributed by atoms with van der Waals surface area (Å²) in [7, 11) is 0. The Morgan fingerprint density at radius 2 is 0.926 bits per heavy atom. The maximum absolute atomic E-state index is 13.0. The Balaban J connectivity index is 0.000000154. The van der Waals surface area contributed by atoms with Gasteiger partial charge in [0.2, 0.25) is 23.5 Å². The van der Waals surface area contributed by atoms with Crippen LogP contribution in [-0.2, 0) is 56.3 Å². The van der Waals surface area contributed by atoms with Crippen molar-refractivity contribution in [2.24, 2.45) is 0 Å². The topological polar surface area (TPSA) is 259 Å². The highest BCUT2D eigenvalue weighted by Crippen LogP contribution is 2.49. The maximum Gasteiger partial charge on any atom is 0.237 e. The zero-order valence-electron chi connectivity index (χ0n) is 49.4. The molecular formula is C64H82N10O7. The number of nitrogens with one attached hydrogen (secondary N) is 6. The minimum atomic E-state index is -0.587. The van der Waals surface area contributed by atoms with E-state index in [4.69, 9.17) is 16.2 Å². The van der Waals surface area contributed by atoms with Crippen molar-refractivity contribution in [2.45, 2.75) is 189 Å². The van der Waals surface area contributed by atoms with E-state index in [9.17, 15) is 29.1 Å². The van der Waals surface area contributed by atoms with E-state index in [0.29, 0.717) is 24.1 Å². The molecule has 3 aromatic carbocycles. The number of aliphatic hydroxyl groups is 2. The monoisotopic (exact) mass is 1100 g/mol. The number of rotatable bonds is 3. The Morgan fingerprint density at radius 3 is 1.36 bits per heavy atom. The summed E-state index contributed by atoms with van der Waals surface area (Å²) in [6, 6.07) is 13.1. The summed E-state index contributed by atoms with van der Waals surface area (Å²) in [6.45, 7) is 26.2. The molecule has 6 aliphatic rings. The van der Waals surface area contributed by atoms with Crippen LogP contribution in [0, 0.1) is 11.1 Å². The lowest BCUT2D eigenvalue weighted by Gasteiger charge is -2.24. The molecule has 0 unspecified atom stereocenters. The number of aromatic amines is 4. The third-order valence-corrected chi connectivity index (χ3v) is 17.4. The van der Waals surface area contributed by atoms with Crippen LogP contribution in [0.25, 0.3) is 44.1 Å². The third-order valence-electron chi connectivity index (χ3n) is 17.4. The van der Waals surface area contributed by atoms with Crippen LogP contribution < -0.4 is 14.7 Å². The van der Waals surface area contributed by atoms with Gasteiger partial charge in [0.15, 0.2) is 5.78 Å². The smallest absolute Gasteiger partial charge is 0.237 e. The number of carbonyl (C=O) groups is 5. The Morgan fingerprint density at radius 1 is 0.556 bits per heavy atom. The van der Waals surface area contributed by atoms with Gasteiger partial charge in [-0.25, -0.2) is 11.1 Å². The van der Waals surface area contributed by atoms with E-state index in [-0.39, 0.29) is 55.4 Å². The highest BCUT2D eigenvalue weighted by atomic mass is 16.2. The Bertz CT molecular complexity index is 3720. The number of anilines is 3. The quantitative estimate of drug-likeness (QED) is 0.0364. The van der Waals surface area contributed by atoms with Gasteiger partial charge in [-0.2, -0.15) is 5.10 Å². The van der Waals surface area contributed by atoms with Crippen LogP contribution >= 0.6 is 0 Å². The Kier molecular flexibility index (Phi) is 15.5. The van der Waals surface area contributed by atoms with Gasteiger partial charge in [-0.05, 0) is 223 Å². The molecule has 0 fully saturated rings. The number of aromatic nitrogens is 5. The molecule has 81 heavy (non-hydrogen) atoms. The number of aliphatic hydroxyl groups excluding tert-OH is 2. The molecule has 13 rings (SSSR count). The number of hydrogen-bond donors (Lipinski definition) is 8. The number of Topliss-reactive ketones (excluding diaryl/α,β-unsaturated/α-hetero) is 2. The third kappa shape index (κ3) is 9.38. The van der Waals surface area contributed by atoms with E-state index >= 15 is 0 Å². The van der Waals surface area contributed by atoms with E-state index in [1.807, 2.05) is 82.4 Å². The van der Waals surface area contributed by atoms with E-state index in [2.05, 4.69) is 83.2 Å². The standard InChI is InChI=1S/C21H24N4O.C21H24N2O3.C20H24N2O2.C2H6O.H2N2.H2/c1-11(2)25-17-8-14-13-7-5-6-12-10-22-24-18(12)19(13)23-16(14)9-15(17)21(3,4)20(25)26;1-11(2)23-17-8-14-13-7-5-6-12(10-24)19(25)18(13)22-16(14)9-15(17)21(3,4)20(23)26;1-11(2)22-16-9-13-12-7-5-6-8-17(23)18(12)21-15(13)10-14(16)20(3,4)19(22)24;1-2-3;1-2;/h8-11,23H,5-7H2,1-4H3,(H,22,24);8-11,22,24H,5-7H2,1-4H3;9-11,21H,5-8H2,1-4H3;3H,2H2,1H3;1-2H;1H/b;12-10+;;;;. The number of aryl methyl sites for hydroxylation is 4. The summed E-state index contributed by atoms with van der Waals surface area (Å²) in [5.74, 6) is 0.546. The first-order chi connectivity index (χ1) is 38.4. The molecule has 430 valence electrons. The van der Waals surface area contributed by atoms with Gasteiger partial charge in [0.25, 0.3) is 0 Å². The molecule has 3 aliphatic heterocycles. The van der Waals surface area contributed by atoms with Crippen molar-refractivity contribution < 1.29 is 35.6 Å². The first kappa shape index (κ1) is 58.0. The number of carbonyl (C=O) groups excluding carboxylic acids is 5. The fourth-order valence-corrected chi connectivity index (χ4v) is 13.2. The van der Waals surface area contributed by atoms with Crippen molar-refractivity contribution in [3.05, 3.63) is 105 Å². The highest BCUT2D eigenvalue weighted by Gasteiger charge is 2.48. The van der Waals surface area contributed by atoms with Crippen molar-refractivity contribution in [2.75, 3.05) is 21.3 Å². The van der Waals surface area contributed by atoms with Crippen LogP contribution in [0.4, 0.5) is 17.1 Å². The number of fused-ring (bicyclic) bond motifs is 14. The van der Waals surface area contributed by atoms with Crippen LogP contribution in [0.5, 0.6) is 0 Å². The van der Waals surface area contributed by atoms with Gasteiger partial charge in [0.1, 0.15) is 0 Å². The zero-order valence-corrected chi connectivity index (χ0v) is 49.4. The van der Waals surface area contributed by atoms with Gasteiger partial charge in [0, 0.05) is 87.9 Å². The molecule has 8 N–H and O–H groups in total. The second-order valence-electron chi connectivity index (χ2n) is 24.8. The number of nitrogens with zero attached hydrogens (tertiary/aromatic N) is 4. The average molecular weight is 1100 g/mol. The van der Waals surface area contributed by atoms with Crippen molar-refractivity contribution in [3.63, 3.8) is 0 Å². The molecule has 3 amide bonds. The largest absolute Gasteiger partial charge is 0.515 e. The molecule has 17 heteroatoms. The Hall–Kier alpha value is -7.66. The van der Waals surface area contributed by atoms with Gasteiger partial charge in [-0.1, -0.05) is 0 Å². The molecular weight excluding hydrogens is 1020 g/mol. The summed E-state index contributed by atoms with van der Waals surface area (Å²) in [6.07, 6.45) is 11.8. The second-order valence-corrected chi connectivity index (χ2v) is 24.8. The molecule has 0 spiro atoms. The van der Waals surface area contributed by atoms with Gasteiger partial charge < -0.3 is 39.9 Å². The van der Waals surface area contributed by atoms with Crippen molar-refractivity contribution in [1.82, 2.24) is 25.1 Å². The lowest BCUT2D eigenvalue weighted by Crippen LogP contribution is -2.40. The van der Waals surface area contributed by atoms with E-state index < -0.39 is 16.2 Å². The van der Waals surface area contributed by atoms with Gasteiger partial charge in [-0.3, -0.25) is 29.1 Å². The molecule has 17 nitrogen and oxygen atoms in total. The number of ketones is 2. The fraction of sp³-hybridized carbons (Fsp3) is 0.469. The fourth-order valence-electron chi connectivity index (χ4n) is 13.2. The maximum atomic E-state index is 13.0.